The van der Waals surface area contributed by atoms with Crippen LogP contribution in [0.1, 0.15) is 25.3 Å². The predicted octanol–water partition coefficient (Wildman–Crippen LogP) is 4.11. The van der Waals surface area contributed by atoms with Crippen LogP contribution in [0.25, 0.3) is 11.3 Å². The molecule has 1 saturated heterocycles. The van der Waals surface area contributed by atoms with E-state index in [0.29, 0.717) is 5.69 Å². The smallest absolute Gasteiger partial charge is 0.261 e. The number of rotatable bonds is 6. The molecule has 0 amide bonds. The number of aryl methyl sites for hydroxylation is 1. The number of hydrogen-bond acceptors (Lipinski definition) is 5. The molecule has 0 unspecified atom stereocenters. The van der Waals surface area contributed by atoms with Crippen LogP contribution >= 0.6 is 0 Å². The highest BCUT2D eigenvalue weighted by Crippen LogP contribution is 2.23. The minimum absolute atomic E-state index is 0.252. The molecular formula is C22H24N4O2S. The van der Waals surface area contributed by atoms with Crippen LogP contribution < -0.4 is 9.62 Å². The van der Waals surface area contributed by atoms with E-state index in [1.807, 2.05) is 43.3 Å². The lowest BCUT2D eigenvalue weighted by Gasteiger charge is -2.15. The lowest BCUT2D eigenvalue weighted by molar-refractivity contribution is 0.601. The van der Waals surface area contributed by atoms with Crippen LogP contribution in [0, 0.1) is 0 Å². The Morgan fingerprint density at radius 2 is 1.59 bits per heavy atom. The van der Waals surface area contributed by atoms with E-state index in [0.717, 1.165) is 42.1 Å². The number of anilines is 2. The van der Waals surface area contributed by atoms with Gasteiger partial charge in [-0.15, -0.1) is 10.2 Å². The Morgan fingerprint density at radius 3 is 2.17 bits per heavy atom. The summed E-state index contributed by atoms with van der Waals surface area (Å²) in [6, 6.07) is 18.0. The quantitative estimate of drug-likeness (QED) is 0.664. The number of sulfonamides is 1. The molecule has 0 spiro atoms. The molecule has 1 aromatic heterocycles. The van der Waals surface area contributed by atoms with Crippen molar-refractivity contribution >= 4 is 21.5 Å². The van der Waals surface area contributed by atoms with Crippen LogP contribution in [0.5, 0.6) is 0 Å². The zero-order chi connectivity index (χ0) is 20.3. The highest BCUT2D eigenvalue weighted by molar-refractivity contribution is 7.92. The normalized spacial score (nSPS) is 14.2. The van der Waals surface area contributed by atoms with Gasteiger partial charge in [0.2, 0.25) is 0 Å². The lowest BCUT2D eigenvalue weighted by Crippen LogP contribution is -2.19. The maximum atomic E-state index is 12.6. The Hall–Kier alpha value is -2.93. The third-order valence-corrected chi connectivity index (χ3v) is 6.55. The maximum absolute atomic E-state index is 12.6. The summed E-state index contributed by atoms with van der Waals surface area (Å²) in [5.74, 6) is 0.907. The molecule has 0 saturated carbocycles. The summed E-state index contributed by atoms with van der Waals surface area (Å²) in [7, 11) is -3.61. The number of aromatic nitrogens is 2. The average Bonchev–Trinajstić information content (AvgIpc) is 3.29. The van der Waals surface area contributed by atoms with Crippen molar-refractivity contribution in [2.75, 3.05) is 22.7 Å². The van der Waals surface area contributed by atoms with Crippen molar-refractivity contribution in [1.29, 1.82) is 0 Å². The van der Waals surface area contributed by atoms with Crippen LogP contribution in [-0.2, 0) is 16.4 Å². The van der Waals surface area contributed by atoms with Crippen LogP contribution in [0.2, 0.25) is 0 Å². The van der Waals surface area contributed by atoms with Gasteiger partial charge in [-0.2, -0.15) is 0 Å². The monoisotopic (exact) mass is 408 g/mol. The largest absolute Gasteiger partial charge is 0.355 e. The van der Waals surface area contributed by atoms with Gasteiger partial charge in [0.05, 0.1) is 10.6 Å². The van der Waals surface area contributed by atoms with E-state index in [9.17, 15) is 8.42 Å². The molecule has 0 bridgehead atoms. The Balaban J connectivity index is 1.47. The molecule has 1 fully saturated rings. The first-order valence-corrected chi connectivity index (χ1v) is 11.3. The molecule has 29 heavy (non-hydrogen) atoms. The van der Waals surface area contributed by atoms with Gasteiger partial charge in [0.1, 0.15) is 0 Å². The Bertz CT molecular complexity index is 1060. The fourth-order valence-electron chi connectivity index (χ4n) is 3.42. The SMILES string of the molecule is CCc1ccc(S(=O)(=O)Nc2ccc(-c3ccc(N4CCCC4)nn3)cc2)cc1. The van der Waals surface area contributed by atoms with E-state index in [-0.39, 0.29) is 4.90 Å². The first-order chi connectivity index (χ1) is 14.0. The third-order valence-electron chi connectivity index (χ3n) is 5.16. The minimum atomic E-state index is -3.61. The zero-order valence-electron chi connectivity index (χ0n) is 16.4. The summed E-state index contributed by atoms with van der Waals surface area (Å²) < 4.78 is 27.8. The Kier molecular flexibility index (Phi) is 5.49. The molecule has 7 heteroatoms. The van der Waals surface area contributed by atoms with Gasteiger partial charge >= 0.3 is 0 Å². The first kappa shape index (κ1) is 19.4. The fraction of sp³-hybridized carbons (Fsp3) is 0.273. The molecule has 2 aromatic carbocycles. The van der Waals surface area contributed by atoms with Gasteiger partial charge in [-0.1, -0.05) is 31.2 Å². The van der Waals surface area contributed by atoms with Crippen LogP contribution in [-0.4, -0.2) is 31.7 Å². The topological polar surface area (TPSA) is 75.2 Å². The summed E-state index contributed by atoms with van der Waals surface area (Å²) in [6.07, 6.45) is 3.27. The molecule has 2 heterocycles. The third kappa shape index (κ3) is 4.40. The maximum Gasteiger partial charge on any atom is 0.261 e. The summed E-state index contributed by atoms with van der Waals surface area (Å²) in [6.45, 7) is 4.10. The molecule has 1 aliphatic rings. The van der Waals surface area contributed by atoms with E-state index < -0.39 is 10.0 Å². The van der Waals surface area contributed by atoms with Crippen molar-refractivity contribution in [2.45, 2.75) is 31.1 Å². The zero-order valence-corrected chi connectivity index (χ0v) is 17.2. The second-order valence-electron chi connectivity index (χ2n) is 7.15. The second kappa shape index (κ2) is 8.21. The summed E-state index contributed by atoms with van der Waals surface area (Å²) in [4.78, 5) is 2.49. The van der Waals surface area contributed by atoms with Crippen molar-refractivity contribution in [3.63, 3.8) is 0 Å². The highest BCUT2D eigenvalue weighted by atomic mass is 32.2. The first-order valence-electron chi connectivity index (χ1n) is 9.86. The van der Waals surface area contributed by atoms with E-state index in [1.165, 1.54) is 12.8 Å². The molecule has 6 nitrogen and oxygen atoms in total. The van der Waals surface area contributed by atoms with Crippen molar-refractivity contribution in [3.05, 3.63) is 66.2 Å². The van der Waals surface area contributed by atoms with Crippen molar-refractivity contribution in [1.82, 2.24) is 10.2 Å². The summed E-state index contributed by atoms with van der Waals surface area (Å²) >= 11 is 0. The molecule has 0 radical (unpaired) electrons. The van der Waals surface area contributed by atoms with Gasteiger partial charge in [0, 0.05) is 24.3 Å². The molecule has 0 aliphatic carbocycles. The Morgan fingerprint density at radius 1 is 0.897 bits per heavy atom. The number of nitrogens with one attached hydrogen (secondary N) is 1. The van der Waals surface area contributed by atoms with Crippen molar-refractivity contribution in [2.24, 2.45) is 0 Å². The minimum Gasteiger partial charge on any atom is -0.355 e. The van der Waals surface area contributed by atoms with Crippen LogP contribution in [0.15, 0.2) is 65.6 Å². The van der Waals surface area contributed by atoms with Gasteiger partial charge in [-0.25, -0.2) is 8.42 Å². The predicted molar refractivity (Wildman–Crippen MR) is 116 cm³/mol. The van der Waals surface area contributed by atoms with Gasteiger partial charge in [0.15, 0.2) is 5.82 Å². The fourth-order valence-corrected chi connectivity index (χ4v) is 4.48. The number of benzene rings is 2. The van der Waals surface area contributed by atoms with Gasteiger partial charge in [-0.3, -0.25) is 4.72 Å². The van der Waals surface area contributed by atoms with E-state index >= 15 is 0 Å². The number of nitrogens with zero attached hydrogens (tertiary/aromatic N) is 3. The van der Waals surface area contributed by atoms with E-state index in [2.05, 4.69) is 19.8 Å². The molecular weight excluding hydrogens is 384 g/mol. The van der Waals surface area contributed by atoms with E-state index in [1.54, 1.807) is 24.3 Å². The van der Waals surface area contributed by atoms with Crippen LogP contribution in [0.4, 0.5) is 11.5 Å². The van der Waals surface area contributed by atoms with Crippen molar-refractivity contribution < 1.29 is 8.42 Å². The van der Waals surface area contributed by atoms with Gasteiger partial charge in [-0.05, 0) is 61.2 Å². The highest BCUT2D eigenvalue weighted by Gasteiger charge is 2.15. The summed E-state index contributed by atoms with van der Waals surface area (Å²) in [5, 5.41) is 8.67. The Labute approximate surface area is 171 Å². The molecule has 1 N–H and O–H groups in total. The van der Waals surface area contributed by atoms with Gasteiger partial charge < -0.3 is 4.90 Å². The van der Waals surface area contributed by atoms with E-state index in [4.69, 9.17) is 0 Å². The standard InChI is InChI=1S/C22H24N4O2S/c1-2-17-5-11-20(12-6-17)29(27,28)25-19-9-7-18(8-10-19)21-13-14-22(24-23-21)26-15-3-4-16-26/h5-14,25H,2-4,15-16H2,1H3. The van der Waals surface area contributed by atoms with Gasteiger partial charge in [0.25, 0.3) is 10.0 Å². The molecule has 0 atom stereocenters. The van der Waals surface area contributed by atoms with Crippen LogP contribution in [0.3, 0.4) is 0 Å². The molecule has 3 aromatic rings. The molecule has 150 valence electrons. The average molecular weight is 409 g/mol. The lowest BCUT2D eigenvalue weighted by atomic mass is 10.1. The number of hydrogen-bond donors (Lipinski definition) is 1. The molecule has 4 rings (SSSR count). The second-order valence-corrected chi connectivity index (χ2v) is 8.83. The summed E-state index contributed by atoms with van der Waals surface area (Å²) in [5.41, 5.74) is 3.26. The van der Waals surface area contributed by atoms with Crippen molar-refractivity contribution in [3.8, 4) is 11.3 Å². The molecule has 1 aliphatic heterocycles.